The molecular formula is C14H18O5. The SMILES string of the molecule is O=C1/C=C/C(O)/C=C\C/C=C\CCC[C@@H](C(=O)O)O1. The third-order valence-electron chi connectivity index (χ3n) is 2.57. The van der Waals surface area contributed by atoms with Crippen LogP contribution >= 0.6 is 0 Å². The summed E-state index contributed by atoms with van der Waals surface area (Å²) in [5, 5.41) is 18.4. The van der Waals surface area contributed by atoms with Crippen LogP contribution in [0, 0.1) is 0 Å². The first-order chi connectivity index (χ1) is 9.09. The number of carboxylic acids is 1. The van der Waals surface area contributed by atoms with Crippen LogP contribution in [0.2, 0.25) is 0 Å². The molecule has 0 spiro atoms. The van der Waals surface area contributed by atoms with Crippen LogP contribution in [0.15, 0.2) is 36.5 Å². The monoisotopic (exact) mass is 266 g/mol. The zero-order valence-corrected chi connectivity index (χ0v) is 10.6. The summed E-state index contributed by atoms with van der Waals surface area (Å²) in [6.45, 7) is 0. The predicted octanol–water partition coefficient (Wildman–Crippen LogP) is 1.59. The van der Waals surface area contributed by atoms with Gasteiger partial charge in [0.25, 0.3) is 0 Å². The van der Waals surface area contributed by atoms with Gasteiger partial charge in [0.15, 0.2) is 6.10 Å². The highest BCUT2D eigenvalue weighted by molar-refractivity contribution is 5.85. The fourth-order valence-electron chi connectivity index (χ4n) is 1.59. The van der Waals surface area contributed by atoms with Crippen molar-refractivity contribution < 1.29 is 24.5 Å². The van der Waals surface area contributed by atoms with E-state index in [9.17, 15) is 14.7 Å². The molecule has 0 aromatic rings. The number of hydrogen-bond donors (Lipinski definition) is 2. The lowest BCUT2D eigenvalue weighted by atomic mass is 10.1. The second-order valence-electron chi connectivity index (χ2n) is 4.18. The molecule has 2 N–H and O–H groups in total. The molecule has 104 valence electrons. The Hall–Kier alpha value is -1.88. The van der Waals surface area contributed by atoms with E-state index >= 15 is 0 Å². The van der Waals surface area contributed by atoms with Gasteiger partial charge in [-0.1, -0.05) is 24.3 Å². The molecule has 2 atom stereocenters. The lowest BCUT2D eigenvalue weighted by Crippen LogP contribution is -2.26. The van der Waals surface area contributed by atoms with Crippen LogP contribution in [-0.4, -0.2) is 34.4 Å². The largest absolute Gasteiger partial charge is 0.479 e. The standard InChI is InChI=1S/C14H18O5/c15-11-7-5-3-1-2-4-6-8-12(14(17)18)19-13(16)10-9-11/h1-2,5,7,9-12,15H,3-4,6,8H2,(H,17,18)/b2-1-,7-5-,10-9+/t11?,12-/m0/s1. The number of aliphatic carboxylic acids is 1. The van der Waals surface area contributed by atoms with Crippen LogP contribution in [0.3, 0.4) is 0 Å². The number of rotatable bonds is 1. The van der Waals surface area contributed by atoms with Crippen molar-refractivity contribution in [3.63, 3.8) is 0 Å². The van der Waals surface area contributed by atoms with Crippen molar-refractivity contribution in [1.29, 1.82) is 0 Å². The highest BCUT2D eigenvalue weighted by Crippen LogP contribution is 2.08. The summed E-state index contributed by atoms with van der Waals surface area (Å²) in [4.78, 5) is 22.3. The maximum atomic E-state index is 11.4. The zero-order valence-electron chi connectivity index (χ0n) is 10.6. The smallest absolute Gasteiger partial charge is 0.345 e. The van der Waals surface area contributed by atoms with Gasteiger partial charge in [0.2, 0.25) is 0 Å². The van der Waals surface area contributed by atoms with Crippen LogP contribution in [0.1, 0.15) is 25.7 Å². The molecule has 1 rings (SSSR count). The first kappa shape index (κ1) is 15.2. The third-order valence-corrected chi connectivity index (χ3v) is 2.57. The van der Waals surface area contributed by atoms with E-state index in [1.165, 1.54) is 6.08 Å². The number of carbonyl (C=O) groups is 2. The summed E-state index contributed by atoms with van der Waals surface area (Å²) in [6.07, 6.45) is 9.85. The lowest BCUT2D eigenvalue weighted by Gasteiger charge is -2.12. The molecule has 1 heterocycles. The summed E-state index contributed by atoms with van der Waals surface area (Å²) in [7, 11) is 0. The van der Waals surface area contributed by atoms with Crippen molar-refractivity contribution in [3.8, 4) is 0 Å². The first-order valence-electron chi connectivity index (χ1n) is 6.21. The van der Waals surface area contributed by atoms with Gasteiger partial charge in [0.1, 0.15) is 0 Å². The first-order valence-corrected chi connectivity index (χ1v) is 6.21. The van der Waals surface area contributed by atoms with Gasteiger partial charge in [-0.25, -0.2) is 9.59 Å². The molecular weight excluding hydrogens is 248 g/mol. The second-order valence-corrected chi connectivity index (χ2v) is 4.18. The Labute approximate surface area is 111 Å². The number of aliphatic hydroxyl groups excluding tert-OH is 1. The summed E-state index contributed by atoms with van der Waals surface area (Å²) in [5.74, 6) is -1.91. The molecule has 0 radical (unpaired) electrons. The van der Waals surface area contributed by atoms with E-state index in [-0.39, 0.29) is 6.42 Å². The molecule has 1 aliphatic heterocycles. The Bertz CT molecular complexity index is 395. The quantitative estimate of drug-likeness (QED) is 0.556. The Morgan fingerprint density at radius 2 is 2.05 bits per heavy atom. The number of ether oxygens (including phenoxy) is 1. The third kappa shape index (κ3) is 6.57. The number of carboxylic acid groups (broad SMARTS) is 1. The molecule has 0 aromatic heterocycles. The van der Waals surface area contributed by atoms with E-state index in [1.807, 2.05) is 12.2 Å². The zero-order chi connectivity index (χ0) is 14.1. The number of aliphatic hydroxyl groups is 1. The molecule has 0 fully saturated rings. The minimum absolute atomic E-state index is 0.275. The normalized spacial score (nSPS) is 30.7. The molecule has 0 saturated heterocycles. The van der Waals surface area contributed by atoms with Crippen molar-refractivity contribution in [1.82, 2.24) is 0 Å². The molecule has 0 aliphatic carbocycles. The summed E-state index contributed by atoms with van der Waals surface area (Å²) < 4.78 is 4.82. The highest BCUT2D eigenvalue weighted by atomic mass is 16.6. The lowest BCUT2D eigenvalue weighted by molar-refractivity contribution is -0.161. The molecule has 19 heavy (non-hydrogen) atoms. The summed E-state index contributed by atoms with van der Waals surface area (Å²) in [5.41, 5.74) is 0. The van der Waals surface area contributed by atoms with Crippen molar-refractivity contribution in [2.24, 2.45) is 0 Å². The Kier molecular flexibility index (Phi) is 6.60. The molecule has 0 saturated carbocycles. The Morgan fingerprint density at radius 1 is 1.26 bits per heavy atom. The number of allylic oxidation sites excluding steroid dienone is 3. The maximum Gasteiger partial charge on any atom is 0.345 e. The fraction of sp³-hybridized carbons (Fsp3) is 0.429. The van der Waals surface area contributed by atoms with Crippen molar-refractivity contribution >= 4 is 11.9 Å². The van der Waals surface area contributed by atoms with Crippen LogP contribution in [-0.2, 0) is 14.3 Å². The number of carbonyl (C=O) groups excluding carboxylic acids is 1. The van der Waals surface area contributed by atoms with Crippen LogP contribution in [0.25, 0.3) is 0 Å². The van der Waals surface area contributed by atoms with E-state index in [0.29, 0.717) is 12.8 Å². The molecule has 5 heteroatoms. The van der Waals surface area contributed by atoms with Gasteiger partial charge in [0.05, 0.1) is 6.10 Å². The van der Waals surface area contributed by atoms with E-state index < -0.39 is 24.1 Å². The molecule has 0 amide bonds. The van der Waals surface area contributed by atoms with E-state index in [4.69, 9.17) is 9.84 Å². The fourth-order valence-corrected chi connectivity index (χ4v) is 1.59. The van der Waals surface area contributed by atoms with E-state index in [0.717, 1.165) is 12.5 Å². The van der Waals surface area contributed by atoms with E-state index in [2.05, 4.69) is 0 Å². The molecule has 1 aliphatic rings. The van der Waals surface area contributed by atoms with Gasteiger partial charge >= 0.3 is 11.9 Å². The topological polar surface area (TPSA) is 83.8 Å². The Morgan fingerprint density at radius 3 is 2.79 bits per heavy atom. The van der Waals surface area contributed by atoms with Gasteiger partial charge in [-0.15, -0.1) is 0 Å². The Balaban J connectivity index is 2.72. The van der Waals surface area contributed by atoms with E-state index in [1.54, 1.807) is 12.2 Å². The molecule has 0 bridgehead atoms. The molecule has 1 unspecified atom stereocenters. The van der Waals surface area contributed by atoms with Gasteiger partial charge < -0.3 is 14.9 Å². The predicted molar refractivity (Wildman–Crippen MR) is 69.4 cm³/mol. The van der Waals surface area contributed by atoms with Crippen molar-refractivity contribution in [3.05, 3.63) is 36.5 Å². The number of esters is 1. The molecule has 5 nitrogen and oxygen atoms in total. The van der Waals surface area contributed by atoms with Crippen LogP contribution < -0.4 is 0 Å². The summed E-state index contributed by atoms with van der Waals surface area (Å²) in [6, 6.07) is 0. The maximum absolute atomic E-state index is 11.4. The van der Waals surface area contributed by atoms with Crippen LogP contribution in [0.5, 0.6) is 0 Å². The number of hydrogen-bond acceptors (Lipinski definition) is 4. The van der Waals surface area contributed by atoms with Crippen molar-refractivity contribution in [2.45, 2.75) is 37.9 Å². The minimum atomic E-state index is -1.15. The van der Waals surface area contributed by atoms with Gasteiger partial charge in [-0.3, -0.25) is 0 Å². The van der Waals surface area contributed by atoms with Gasteiger partial charge in [-0.2, -0.15) is 0 Å². The van der Waals surface area contributed by atoms with Gasteiger partial charge in [-0.05, 0) is 31.8 Å². The second kappa shape index (κ2) is 8.26. The van der Waals surface area contributed by atoms with Gasteiger partial charge in [0, 0.05) is 6.08 Å². The summed E-state index contributed by atoms with van der Waals surface area (Å²) >= 11 is 0. The average molecular weight is 266 g/mol. The minimum Gasteiger partial charge on any atom is -0.479 e. The number of cyclic esters (lactones) is 1. The highest BCUT2D eigenvalue weighted by Gasteiger charge is 2.20. The van der Waals surface area contributed by atoms with Crippen LogP contribution in [0.4, 0.5) is 0 Å². The average Bonchev–Trinajstić information content (AvgIpc) is 2.37. The molecule has 0 aromatic carbocycles. The van der Waals surface area contributed by atoms with Crippen molar-refractivity contribution in [2.75, 3.05) is 0 Å².